The number of rotatable bonds is 4. The molecule has 1 atom stereocenters. The van der Waals surface area contributed by atoms with E-state index in [0.29, 0.717) is 11.3 Å². The van der Waals surface area contributed by atoms with Gasteiger partial charge >= 0.3 is 0 Å². The average molecular weight is 371 g/mol. The second kappa shape index (κ2) is 6.82. The Balaban J connectivity index is 1.85. The fourth-order valence-electron chi connectivity index (χ4n) is 3.43. The van der Waals surface area contributed by atoms with Gasteiger partial charge in [-0.3, -0.25) is 4.40 Å². The number of pyridine rings is 1. The molecule has 0 saturated heterocycles. The third-order valence-corrected chi connectivity index (χ3v) is 4.99. The lowest BCUT2D eigenvalue weighted by molar-refractivity contribution is 0.865. The molecule has 0 saturated carbocycles. The molecule has 7 nitrogen and oxygen atoms in total. The van der Waals surface area contributed by atoms with Gasteiger partial charge in [-0.25, -0.2) is 9.97 Å². The standard InChI is InChI=1S/C21H21N7/c1-13-15(11-22)6-5-7-16(13)14(2)25-20-17-10-19(27(3)4)24-12-18(17)28-9-8-23-21(28)26-20/h5-10,12,14H,1-4H3,(H,23,25,26). The summed E-state index contributed by atoms with van der Waals surface area (Å²) in [5.74, 6) is 2.21. The molecular weight excluding hydrogens is 350 g/mol. The highest BCUT2D eigenvalue weighted by Crippen LogP contribution is 2.29. The Kier molecular flexibility index (Phi) is 4.32. The van der Waals surface area contributed by atoms with E-state index in [1.54, 1.807) is 6.20 Å². The van der Waals surface area contributed by atoms with Gasteiger partial charge in [0.05, 0.1) is 29.4 Å². The number of fused-ring (bicyclic) bond motifs is 3. The Morgan fingerprint density at radius 1 is 1.25 bits per heavy atom. The highest BCUT2D eigenvalue weighted by atomic mass is 15.2. The van der Waals surface area contributed by atoms with Gasteiger partial charge in [-0.15, -0.1) is 0 Å². The number of aromatic nitrogens is 4. The van der Waals surface area contributed by atoms with Crippen LogP contribution in [0.1, 0.15) is 29.7 Å². The number of benzene rings is 1. The molecule has 0 aliphatic heterocycles. The Morgan fingerprint density at radius 2 is 2.07 bits per heavy atom. The smallest absolute Gasteiger partial charge is 0.236 e. The molecule has 1 unspecified atom stereocenters. The summed E-state index contributed by atoms with van der Waals surface area (Å²) in [5.41, 5.74) is 3.67. The fraction of sp³-hybridized carbons (Fsp3) is 0.238. The van der Waals surface area contributed by atoms with Crippen LogP contribution in [0.2, 0.25) is 0 Å². The van der Waals surface area contributed by atoms with Crippen molar-refractivity contribution >= 4 is 28.3 Å². The van der Waals surface area contributed by atoms with E-state index in [4.69, 9.17) is 4.98 Å². The van der Waals surface area contributed by atoms with Crippen molar-refractivity contribution in [2.45, 2.75) is 19.9 Å². The quantitative estimate of drug-likeness (QED) is 0.589. The minimum Gasteiger partial charge on any atom is -0.363 e. The maximum Gasteiger partial charge on any atom is 0.236 e. The van der Waals surface area contributed by atoms with Crippen LogP contribution in [-0.4, -0.2) is 33.4 Å². The van der Waals surface area contributed by atoms with Crippen molar-refractivity contribution in [3.8, 4) is 6.07 Å². The first-order valence-electron chi connectivity index (χ1n) is 9.06. The lowest BCUT2D eigenvalue weighted by Gasteiger charge is -2.20. The van der Waals surface area contributed by atoms with Crippen LogP contribution in [0.15, 0.2) is 42.9 Å². The minimum absolute atomic E-state index is 0.0302. The van der Waals surface area contributed by atoms with Crippen molar-refractivity contribution in [3.63, 3.8) is 0 Å². The van der Waals surface area contributed by atoms with Gasteiger partial charge in [0, 0.05) is 31.9 Å². The lowest BCUT2D eigenvalue weighted by atomic mass is 9.98. The SMILES string of the molecule is Cc1c(C#N)cccc1C(C)Nc1nc2nccn2c2cnc(N(C)C)cc12. The van der Waals surface area contributed by atoms with Gasteiger partial charge in [0.15, 0.2) is 0 Å². The van der Waals surface area contributed by atoms with Crippen LogP contribution in [0.3, 0.4) is 0 Å². The zero-order chi connectivity index (χ0) is 19.8. The van der Waals surface area contributed by atoms with Crippen LogP contribution in [-0.2, 0) is 0 Å². The molecule has 7 heteroatoms. The van der Waals surface area contributed by atoms with Crippen LogP contribution in [0.4, 0.5) is 11.6 Å². The first kappa shape index (κ1) is 17.7. The third kappa shape index (κ3) is 2.89. The zero-order valence-corrected chi connectivity index (χ0v) is 16.3. The molecule has 0 spiro atoms. The van der Waals surface area contributed by atoms with Crippen molar-refractivity contribution in [1.82, 2.24) is 19.4 Å². The first-order valence-corrected chi connectivity index (χ1v) is 9.06. The number of nitrogens with zero attached hydrogens (tertiary/aromatic N) is 6. The minimum atomic E-state index is -0.0302. The van der Waals surface area contributed by atoms with Gasteiger partial charge in [0.25, 0.3) is 0 Å². The number of anilines is 2. The number of hydrogen-bond donors (Lipinski definition) is 1. The summed E-state index contributed by atoms with van der Waals surface area (Å²) in [6.07, 6.45) is 5.46. The third-order valence-electron chi connectivity index (χ3n) is 4.99. The van der Waals surface area contributed by atoms with E-state index in [9.17, 15) is 5.26 Å². The molecular formula is C21H21N7. The molecule has 3 aromatic heterocycles. The molecule has 1 N–H and O–H groups in total. The predicted molar refractivity (Wildman–Crippen MR) is 111 cm³/mol. The monoisotopic (exact) mass is 371 g/mol. The topological polar surface area (TPSA) is 82.1 Å². The van der Waals surface area contributed by atoms with E-state index >= 15 is 0 Å². The number of imidazole rings is 1. The zero-order valence-electron chi connectivity index (χ0n) is 16.3. The Labute approximate surface area is 163 Å². The van der Waals surface area contributed by atoms with Crippen LogP contribution < -0.4 is 10.2 Å². The fourth-order valence-corrected chi connectivity index (χ4v) is 3.43. The Morgan fingerprint density at radius 3 is 2.82 bits per heavy atom. The molecule has 140 valence electrons. The summed E-state index contributed by atoms with van der Waals surface area (Å²) >= 11 is 0. The number of nitriles is 1. The lowest BCUT2D eigenvalue weighted by Crippen LogP contribution is -2.13. The molecule has 1 aromatic carbocycles. The van der Waals surface area contributed by atoms with E-state index in [-0.39, 0.29) is 6.04 Å². The number of nitrogens with one attached hydrogen (secondary N) is 1. The Hall–Kier alpha value is -3.66. The predicted octanol–water partition coefficient (Wildman–Crippen LogP) is 3.70. The largest absolute Gasteiger partial charge is 0.363 e. The molecule has 0 radical (unpaired) electrons. The van der Waals surface area contributed by atoms with Crippen molar-refractivity contribution in [1.29, 1.82) is 5.26 Å². The summed E-state index contributed by atoms with van der Waals surface area (Å²) in [4.78, 5) is 15.6. The summed E-state index contributed by atoms with van der Waals surface area (Å²) in [6.45, 7) is 4.05. The second-order valence-corrected chi connectivity index (χ2v) is 7.01. The average Bonchev–Trinajstić information content (AvgIpc) is 3.16. The van der Waals surface area contributed by atoms with E-state index in [2.05, 4.69) is 28.3 Å². The van der Waals surface area contributed by atoms with E-state index in [1.165, 1.54) is 0 Å². The molecule has 28 heavy (non-hydrogen) atoms. The summed E-state index contributed by atoms with van der Waals surface area (Å²) < 4.78 is 1.93. The molecule has 0 amide bonds. The molecule has 0 aliphatic rings. The normalized spacial score (nSPS) is 12.1. The summed E-state index contributed by atoms with van der Waals surface area (Å²) in [6, 6.07) is 10.0. The Bertz CT molecular complexity index is 1220. The molecule has 0 bridgehead atoms. The van der Waals surface area contributed by atoms with Crippen molar-refractivity contribution in [2.75, 3.05) is 24.3 Å². The maximum absolute atomic E-state index is 9.33. The molecule has 3 heterocycles. The van der Waals surface area contributed by atoms with Crippen LogP contribution >= 0.6 is 0 Å². The van der Waals surface area contributed by atoms with Crippen molar-refractivity contribution < 1.29 is 0 Å². The number of hydrogen-bond acceptors (Lipinski definition) is 6. The highest BCUT2D eigenvalue weighted by Gasteiger charge is 2.16. The van der Waals surface area contributed by atoms with Crippen molar-refractivity contribution in [2.24, 2.45) is 0 Å². The second-order valence-electron chi connectivity index (χ2n) is 7.01. The van der Waals surface area contributed by atoms with Crippen LogP contribution in [0.25, 0.3) is 16.7 Å². The summed E-state index contributed by atoms with van der Waals surface area (Å²) in [7, 11) is 3.92. The van der Waals surface area contributed by atoms with Crippen LogP contribution in [0, 0.1) is 18.3 Å². The van der Waals surface area contributed by atoms with Crippen molar-refractivity contribution in [3.05, 3.63) is 59.5 Å². The van der Waals surface area contributed by atoms with Gasteiger partial charge in [-0.1, -0.05) is 12.1 Å². The molecule has 0 fully saturated rings. The first-order chi connectivity index (χ1) is 13.5. The molecule has 0 aliphatic carbocycles. The van der Waals surface area contributed by atoms with Gasteiger partial charge in [-0.2, -0.15) is 10.2 Å². The molecule has 4 aromatic rings. The van der Waals surface area contributed by atoms with Crippen LogP contribution in [0.5, 0.6) is 0 Å². The van der Waals surface area contributed by atoms with Gasteiger partial charge in [-0.05, 0) is 37.1 Å². The van der Waals surface area contributed by atoms with E-state index in [0.717, 1.165) is 33.7 Å². The summed E-state index contributed by atoms with van der Waals surface area (Å²) in [5, 5.41) is 13.8. The van der Waals surface area contributed by atoms with E-state index in [1.807, 2.05) is 67.0 Å². The van der Waals surface area contributed by atoms with E-state index < -0.39 is 0 Å². The van der Waals surface area contributed by atoms with Gasteiger partial charge in [0.1, 0.15) is 11.6 Å². The maximum atomic E-state index is 9.33. The highest BCUT2D eigenvalue weighted by molar-refractivity contribution is 5.92. The van der Waals surface area contributed by atoms with Gasteiger partial charge in [0.2, 0.25) is 5.78 Å². The van der Waals surface area contributed by atoms with Gasteiger partial charge < -0.3 is 10.2 Å². The molecule has 4 rings (SSSR count).